The van der Waals surface area contributed by atoms with Gasteiger partial charge in [-0.1, -0.05) is 5.16 Å². The number of rotatable bonds is 4. The lowest BCUT2D eigenvalue weighted by molar-refractivity contribution is 0.412. The lowest BCUT2D eigenvalue weighted by Gasteiger charge is -2.04. The summed E-state index contributed by atoms with van der Waals surface area (Å²) in [4.78, 5) is 8.68. The van der Waals surface area contributed by atoms with Gasteiger partial charge in [-0.05, 0) is 13.0 Å². The fourth-order valence-electron chi connectivity index (χ4n) is 1.94. The molecule has 0 aliphatic rings. The Morgan fingerprint density at radius 3 is 2.95 bits per heavy atom. The molecule has 0 spiro atoms. The summed E-state index contributed by atoms with van der Waals surface area (Å²) in [5, 5.41) is 11.3. The standard InChI is InChI=1S/C13H14N6O/c1-9-11(8-19(2)17-9)12-3-5-14-13(16-12)15-7-10-4-6-20-18-10/h3-6,8H,7H2,1-2H3,(H,14,15,16). The molecule has 102 valence electrons. The first-order chi connectivity index (χ1) is 9.72. The van der Waals surface area contributed by atoms with Crippen LogP contribution in [0.4, 0.5) is 5.95 Å². The molecule has 0 amide bonds. The van der Waals surface area contributed by atoms with Crippen molar-refractivity contribution >= 4 is 5.95 Å². The van der Waals surface area contributed by atoms with E-state index in [1.54, 1.807) is 16.9 Å². The van der Waals surface area contributed by atoms with E-state index in [2.05, 4.69) is 25.5 Å². The van der Waals surface area contributed by atoms with Gasteiger partial charge in [0.05, 0.1) is 17.9 Å². The van der Waals surface area contributed by atoms with Crippen LogP contribution < -0.4 is 5.32 Å². The molecule has 3 rings (SSSR count). The van der Waals surface area contributed by atoms with Crippen LogP contribution >= 0.6 is 0 Å². The molecular weight excluding hydrogens is 256 g/mol. The Kier molecular flexibility index (Phi) is 3.16. The molecule has 3 heterocycles. The second-order valence-electron chi connectivity index (χ2n) is 4.41. The predicted octanol–water partition coefficient (Wildman–Crippen LogP) is 1.79. The largest absolute Gasteiger partial charge is 0.364 e. The van der Waals surface area contributed by atoms with Crippen molar-refractivity contribution in [2.75, 3.05) is 5.32 Å². The second kappa shape index (κ2) is 5.12. The van der Waals surface area contributed by atoms with Crippen molar-refractivity contribution in [1.29, 1.82) is 0 Å². The molecule has 0 saturated heterocycles. The molecular formula is C13H14N6O. The van der Waals surface area contributed by atoms with Crippen LogP contribution in [0.15, 0.2) is 35.3 Å². The van der Waals surface area contributed by atoms with Crippen LogP contribution in [0.25, 0.3) is 11.3 Å². The summed E-state index contributed by atoms with van der Waals surface area (Å²) in [7, 11) is 1.89. The van der Waals surface area contributed by atoms with E-state index in [9.17, 15) is 0 Å². The van der Waals surface area contributed by atoms with Crippen molar-refractivity contribution in [3.05, 3.63) is 42.2 Å². The Morgan fingerprint density at radius 2 is 2.25 bits per heavy atom. The molecule has 20 heavy (non-hydrogen) atoms. The Hall–Kier alpha value is -2.70. The van der Waals surface area contributed by atoms with Crippen molar-refractivity contribution in [3.63, 3.8) is 0 Å². The molecule has 0 bridgehead atoms. The van der Waals surface area contributed by atoms with Crippen molar-refractivity contribution in [1.82, 2.24) is 24.9 Å². The average molecular weight is 270 g/mol. The van der Waals surface area contributed by atoms with Gasteiger partial charge in [0.1, 0.15) is 12.0 Å². The SMILES string of the molecule is Cc1nn(C)cc1-c1ccnc(NCc2ccon2)n1. The summed E-state index contributed by atoms with van der Waals surface area (Å²) in [6, 6.07) is 3.66. The third-order valence-electron chi connectivity index (χ3n) is 2.86. The maximum atomic E-state index is 4.77. The topological polar surface area (TPSA) is 81.7 Å². The van der Waals surface area contributed by atoms with Crippen LogP contribution in [0.5, 0.6) is 0 Å². The summed E-state index contributed by atoms with van der Waals surface area (Å²) < 4.78 is 6.55. The van der Waals surface area contributed by atoms with Crippen molar-refractivity contribution in [2.45, 2.75) is 13.5 Å². The fraction of sp³-hybridized carbons (Fsp3) is 0.231. The molecule has 0 saturated carbocycles. The van der Waals surface area contributed by atoms with Crippen molar-refractivity contribution < 1.29 is 4.52 Å². The number of aryl methyl sites for hydroxylation is 2. The summed E-state index contributed by atoms with van der Waals surface area (Å²) in [5.74, 6) is 0.550. The van der Waals surface area contributed by atoms with Crippen molar-refractivity contribution in [3.8, 4) is 11.3 Å². The first kappa shape index (κ1) is 12.3. The van der Waals surface area contributed by atoms with Crippen LogP contribution in [-0.2, 0) is 13.6 Å². The van der Waals surface area contributed by atoms with Gasteiger partial charge in [0.25, 0.3) is 0 Å². The van der Waals surface area contributed by atoms with Crippen molar-refractivity contribution in [2.24, 2.45) is 7.05 Å². The van der Waals surface area contributed by atoms with Gasteiger partial charge in [-0.15, -0.1) is 0 Å². The number of aromatic nitrogens is 5. The summed E-state index contributed by atoms with van der Waals surface area (Å²) in [5.41, 5.74) is 3.58. The molecule has 7 heteroatoms. The zero-order valence-electron chi connectivity index (χ0n) is 11.2. The Bertz CT molecular complexity index is 703. The minimum absolute atomic E-state index is 0.520. The summed E-state index contributed by atoms with van der Waals surface area (Å²) in [6.07, 6.45) is 5.20. The van der Waals surface area contributed by atoms with Gasteiger partial charge in [-0.2, -0.15) is 5.10 Å². The van der Waals surface area contributed by atoms with Gasteiger partial charge in [0.15, 0.2) is 0 Å². The maximum Gasteiger partial charge on any atom is 0.223 e. The third kappa shape index (κ3) is 2.51. The van der Waals surface area contributed by atoms with E-state index in [0.717, 1.165) is 22.6 Å². The van der Waals surface area contributed by atoms with E-state index in [1.807, 2.05) is 26.2 Å². The number of hydrogen-bond acceptors (Lipinski definition) is 6. The number of nitrogens with one attached hydrogen (secondary N) is 1. The molecule has 1 N–H and O–H groups in total. The van der Waals surface area contributed by atoms with Crippen LogP contribution in [0.3, 0.4) is 0 Å². The Balaban J connectivity index is 1.80. The summed E-state index contributed by atoms with van der Waals surface area (Å²) >= 11 is 0. The van der Waals surface area contributed by atoms with Crippen LogP contribution in [0, 0.1) is 6.92 Å². The Morgan fingerprint density at radius 1 is 1.35 bits per heavy atom. The maximum absolute atomic E-state index is 4.77. The van der Waals surface area contributed by atoms with Gasteiger partial charge in [0.2, 0.25) is 5.95 Å². The molecule has 0 radical (unpaired) electrons. The molecule has 0 fully saturated rings. The molecule has 0 aliphatic heterocycles. The van der Waals surface area contributed by atoms with E-state index in [1.165, 1.54) is 6.26 Å². The first-order valence-electron chi connectivity index (χ1n) is 6.19. The van der Waals surface area contributed by atoms with E-state index in [0.29, 0.717) is 12.5 Å². The zero-order chi connectivity index (χ0) is 13.9. The van der Waals surface area contributed by atoms with E-state index in [4.69, 9.17) is 4.52 Å². The first-order valence-corrected chi connectivity index (χ1v) is 6.19. The lowest BCUT2D eigenvalue weighted by Crippen LogP contribution is -2.04. The number of nitrogens with zero attached hydrogens (tertiary/aromatic N) is 5. The minimum Gasteiger partial charge on any atom is -0.364 e. The fourth-order valence-corrected chi connectivity index (χ4v) is 1.94. The molecule has 0 aromatic carbocycles. The molecule has 0 atom stereocenters. The Labute approximate surface area is 115 Å². The minimum atomic E-state index is 0.520. The van der Waals surface area contributed by atoms with Crippen LogP contribution in [0.2, 0.25) is 0 Å². The molecule has 3 aromatic rings. The predicted molar refractivity (Wildman–Crippen MR) is 72.8 cm³/mol. The molecule has 0 unspecified atom stereocenters. The van der Waals surface area contributed by atoms with Gasteiger partial charge in [-0.25, -0.2) is 9.97 Å². The smallest absolute Gasteiger partial charge is 0.223 e. The third-order valence-corrected chi connectivity index (χ3v) is 2.86. The molecule has 0 aliphatic carbocycles. The van der Waals surface area contributed by atoms with E-state index >= 15 is 0 Å². The van der Waals surface area contributed by atoms with Crippen LogP contribution in [-0.4, -0.2) is 24.9 Å². The van der Waals surface area contributed by atoms with Gasteiger partial charge in [-0.3, -0.25) is 4.68 Å². The number of anilines is 1. The number of hydrogen-bond donors (Lipinski definition) is 1. The second-order valence-corrected chi connectivity index (χ2v) is 4.41. The highest BCUT2D eigenvalue weighted by Gasteiger charge is 2.08. The highest BCUT2D eigenvalue weighted by molar-refractivity contribution is 5.61. The normalized spacial score (nSPS) is 10.7. The molecule has 7 nitrogen and oxygen atoms in total. The van der Waals surface area contributed by atoms with Gasteiger partial charge < -0.3 is 9.84 Å². The lowest BCUT2D eigenvalue weighted by atomic mass is 10.2. The average Bonchev–Trinajstić information content (AvgIpc) is 3.06. The monoisotopic (exact) mass is 270 g/mol. The molecule has 3 aromatic heterocycles. The van der Waals surface area contributed by atoms with Gasteiger partial charge in [0, 0.05) is 31.1 Å². The van der Waals surface area contributed by atoms with E-state index < -0.39 is 0 Å². The quantitative estimate of drug-likeness (QED) is 0.778. The summed E-state index contributed by atoms with van der Waals surface area (Å²) in [6.45, 7) is 2.48. The highest BCUT2D eigenvalue weighted by atomic mass is 16.5. The highest BCUT2D eigenvalue weighted by Crippen LogP contribution is 2.20. The van der Waals surface area contributed by atoms with Gasteiger partial charge >= 0.3 is 0 Å². The van der Waals surface area contributed by atoms with E-state index in [-0.39, 0.29) is 0 Å². The van der Waals surface area contributed by atoms with Crippen LogP contribution in [0.1, 0.15) is 11.4 Å². The zero-order valence-corrected chi connectivity index (χ0v) is 11.2.